The van der Waals surface area contributed by atoms with Crippen LogP contribution < -0.4 is 5.32 Å². The summed E-state index contributed by atoms with van der Waals surface area (Å²) in [7, 11) is 4.39. The molecular weight excluding hydrogens is 320 g/mol. The fraction of sp³-hybridized carbons (Fsp3) is 0.696. The van der Waals surface area contributed by atoms with Crippen LogP contribution in [0.25, 0.3) is 0 Å². The second kappa shape index (κ2) is 6.67. The molecule has 0 radical (unpaired) electrons. The summed E-state index contributed by atoms with van der Waals surface area (Å²) in [6.07, 6.45) is 10.7. The van der Waals surface area contributed by atoms with Crippen LogP contribution in [0.3, 0.4) is 0 Å². The summed E-state index contributed by atoms with van der Waals surface area (Å²) in [4.78, 5) is 15.4. The van der Waals surface area contributed by atoms with E-state index in [1.54, 1.807) is 0 Å². The van der Waals surface area contributed by atoms with Gasteiger partial charge in [-0.2, -0.15) is 0 Å². The van der Waals surface area contributed by atoms with E-state index in [1.165, 1.54) is 43.2 Å². The van der Waals surface area contributed by atoms with E-state index in [0.29, 0.717) is 11.3 Å². The van der Waals surface area contributed by atoms with Gasteiger partial charge in [0.1, 0.15) is 0 Å². The maximum Gasteiger partial charge on any atom is 0.223 e. The SMILES string of the molecule is Cc1ccccc1C1(NC(=O)C2CCC3(CC2)CC(N(C)C)C3)CCC1. The van der Waals surface area contributed by atoms with E-state index in [4.69, 9.17) is 0 Å². The van der Waals surface area contributed by atoms with Crippen molar-refractivity contribution in [3.63, 3.8) is 0 Å². The number of benzene rings is 1. The average Bonchev–Trinajstić information content (AvgIpc) is 2.56. The highest BCUT2D eigenvalue weighted by Crippen LogP contribution is 2.54. The van der Waals surface area contributed by atoms with Crippen LogP contribution in [0.4, 0.5) is 0 Å². The molecule has 1 aromatic carbocycles. The molecule has 0 atom stereocenters. The number of hydrogen-bond donors (Lipinski definition) is 1. The number of carbonyl (C=O) groups excluding carboxylic acids is 1. The van der Waals surface area contributed by atoms with Gasteiger partial charge < -0.3 is 10.2 Å². The van der Waals surface area contributed by atoms with Crippen LogP contribution in [0, 0.1) is 18.3 Å². The lowest BCUT2D eigenvalue weighted by Crippen LogP contribution is -2.54. The van der Waals surface area contributed by atoms with Crippen molar-refractivity contribution >= 4 is 5.91 Å². The lowest BCUT2D eigenvalue weighted by atomic mass is 9.56. The summed E-state index contributed by atoms with van der Waals surface area (Å²) in [5, 5.41) is 3.50. The molecular formula is C23H34N2O. The first-order valence-corrected chi connectivity index (χ1v) is 10.5. The summed E-state index contributed by atoms with van der Waals surface area (Å²) in [5.74, 6) is 0.534. The molecule has 0 heterocycles. The van der Waals surface area contributed by atoms with E-state index in [2.05, 4.69) is 55.5 Å². The maximum absolute atomic E-state index is 13.1. The minimum atomic E-state index is -0.0932. The first-order chi connectivity index (χ1) is 12.4. The molecule has 3 aliphatic carbocycles. The Balaban J connectivity index is 1.37. The van der Waals surface area contributed by atoms with E-state index in [1.807, 2.05) is 0 Å². The molecule has 26 heavy (non-hydrogen) atoms. The van der Waals surface area contributed by atoms with Crippen LogP contribution in [0.2, 0.25) is 0 Å². The van der Waals surface area contributed by atoms with Crippen molar-refractivity contribution in [1.82, 2.24) is 10.2 Å². The third-order valence-electron chi connectivity index (χ3n) is 7.71. The topological polar surface area (TPSA) is 32.3 Å². The van der Waals surface area contributed by atoms with Gasteiger partial charge in [0.2, 0.25) is 5.91 Å². The summed E-state index contributed by atoms with van der Waals surface area (Å²) in [6.45, 7) is 2.17. The lowest BCUT2D eigenvalue weighted by molar-refractivity contribution is -0.131. The molecule has 1 aromatic rings. The molecule has 0 aliphatic heterocycles. The molecule has 0 unspecified atom stereocenters. The predicted octanol–water partition coefficient (Wildman–Crippen LogP) is 4.39. The van der Waals surface area contributed by atoms with Crippen molar-refractivity contribution < 1.29 is 4.79 Å². The van der Waals surface area contributed by atoms with Crippen molar-refractivity contribution in [3.8, 4) is 0 Å². The van der Waals surface area contributed by atoms with E-state index in [-0.39, 0.29) is 11.5 Å². The van der Waals surface area contributed by atoms with Crippen LogP contribution in [-0.4, -0.2) is 30.9 Å². The summed E-state index contributed by atoms with van der Waals surface area (Å²) < 4.78 is 0. The maximum atomic E-state index is 13.1. The molecule has 0 aromatic heterocycles. The van der Waals surface area contributed by atoms with Gasteiger partial charge >= 0.3 is 0 Å². The molecule has 1 spiro atoms. The number of carbonyl (C=O) groups is 1. The highest BCUT2D eigenvalue weighted by atomic mass is 16.2. The summed E-state index contributed by atoms with van der Waals surface area (Å²) >= 11 is 0. The first kappa shape index (κ1) is 18.0. The number of hydrogen-bond acceptors (Lipinski definition) is 2. The molecule has 1 amide bonds. The molecule has 0 saturated heterocycles. The molecule has 3 aliphatic rings. The molecule has 3 heteroatoms. The molecule has 3 saturated carbocycles. The molecule has 0 bridgehead atoms. The number of nitrogens with zero attached hydrogens (tertiary/aromatic N) is 1. The zero-order valence-corrected chi connectivity index (χ0v) is 16.7. The van der Waals surface area contributed by atoms with Gasteiger partial charge in [-0.1, -0.05) is 24.3 Å². The van der Waals surface area contributed by atoms with Gasteiger partial charge in [-0.05, 0) is 95.3 Å². The molecule has 3 fully saturated rings. The fourth-order valence-electron chi connectivity index (χ4n) is 5.65. The number of nitrogens with one attached hydrogen (secondary N) is 1. The highest BCUT2D eigenvalue weighted by Gasteiger charge is 2.48. The van der Waals surface area contributed by atoms with Crippen molar-refractivity contribution in [2.24, 2.45) is 11.3 Å². The van der Waals surface area contributed by atoms with Crippen LogP contribution in [-0.2, 0) is 10.3 Å². The zero-order chi connectivity index (χ0) is 18.4. The standard InChI is InChI=1S/C23H34N2O/c1-17-7-4-5-8-20(17)23(11-6-12-23)24-21(26)18-9-13-22(14-10-18)15-19(16-22)25(2)3/h4-5,7-8,18-19H,6,9-16H2,1-3H3,(H,24,26). The Hall–Kier alpha value is -1.35. The van der Waals surface area contributed by atoms with Gasteiger partial charge in [-0.3, -0.25) is 4.79 Å². The van der Waals surface area contributed by atoms with E-state index in [0.717, 1.165) is 31.7 Å². The Bertz CT molecular complexity index is 661. The van der Waals surface area contributed by atoms with Crippen molar-refractivity contribution in [1.29, 1.82) is 0 Å². The van der Waals surface area contributed by atoms with E-state index < -0.39 is 0 Å². The third-order valence-corrected chi connectivity index (χ3v) is 7.71. The van der Waals surface area contributed by atoms with Gasteiger partial charge in [0.25, 0.3) is 0 Å². The largest absolute Gasteiger partial charge is 0.346 e. The smallest absolute Gasteiger partial charge is 0.223 e. The van der Waals surface area contributed by atoms with Gasteiger partial charge in [-0.15, -0.1) is 0 Å². The van der Waals surface area contributed by atoms with Crippen LogP contribution in [0.1, 0.15) is 68.9 Å². The van der Waals surface area contributed by atoms with Crippen LogP contribution in [0.15, 0.2) is 24.3 Å². The lowest BCUT2D eigenvalue weighted by Gasteiger charge is -2.54. The second-order valence-electron chi connectivity index (χ2n) is 9.54. The normalized spacial score (nSPS) is 32.8. The average molecular weight is 355 g/mol. The van der Waals surface area contributed by atoms with Crippen LogP contribution in [0.5, 0.6) is 0 Å². The molecule has 4 rings (SSSR count). The number of rotatable bonds is 4. The van der Waals surface area contributed by atoms with Gasteiger partial charge in [0.05, 0.1) is 5.54 Å². The molecule has 142 valence electrons. The number of amides is 1. The van der Waals surface area contributed by atoms with Gasteiger partial charge in [0.15, 0.2) is 0 Å². The Morgan fingerprint density at radius 1 is 1.08 bits per heavy atom. The monoisotopic (exact) mass is 354 g/mol. The number of aryl methyl sites for hydroxylation is 1. The molecule has 3 nitrogen and oxygen atoms in total. The van der Waals surface area contributed by atoms with E-state index in [9.17, 15) is 4.79 Å². The van der Waals surface area contributed by atoms with Gasteiger partial charge in [-0.25, -0.2) is 0 Å². The van der Waals surface area contributed by atoms with Crippen LogP contribution >= 0.6 is 0 Å². The summed E-state index contributed by atoms with van der Waals surface area (Å²) in [5.41, 5.74) is 3.10. The highest BCUT2D eigenvalue weighted by molar-refractivity contribution is 5.80. The van der Waals surface area contributed by atoms with Crippen molar-refractivity contribution in [2.45, 2.75) is 76.3 Å². The second-order valence-corrected chi connectivity index (χ2v) is 9.54. The minimum Gasteiger partial charge on any atom is -0.346 e. The zero-order valence-electron chi connectivity index (χ0n) is 16.7. The van der Waals surface area contributed by atoms with E-state index >= 15 is 0 Å². The van der Waals surface area contributed by atoms with Gasteiger partial charge in [0, 0.05) is 12.0 Å². The van der Waals surface area contributed by atoms with Crippen molar-refractivity contribution in [2.75, 3.05) is 14.1 Å². The molecule has 1 N–H and O–H groups in total. The van der Waals surface area contributed by atoms with Crippen molar-refractivity contribution in [3.05, 3.63) is 35.4 Å². The predicted molar refractivity (Wildman–Crippen MR) is 106 cm³/mol. The Morgan fingerprint density at radius 2 is 1.73 bits per heavy atom. The minimum absolute atomic E-state index is 0.0932. The Labute approximate surface area is 158 Å². The Kier molecular flexibility index (Phi) is 4.63. The Morgan fingerprint density at radius 3 is 2.27 bits per heavy atom. The first-order valence-electron chi connectivity index (χ1n) is 10.5. The summed E-state index contributed by atoms with van der Waals surface area (Å²) in [6, 6.07) is 9.34. The third kappa shape index (κ3) is 3.09. The quantitative estimate of drug-likeness (QED) is 0.870. The fourth-order valence-corrected chi connectivity index (χ4v) is 5.65.